The Labute approximate surface area is 262 Å². The summed E-state index contributed by atoms with van der Waals surface area (Å²) in [5.74, 6) is 0.506. The number of fused-ring (bicyclic) bond motifs is 1. The summed E-state index contributed by atoms with van der Waals surface area (Å²) < 4.78 is 19.7. The van der Waals surface area contributed by atoms with E-state index in [1.54, 1.807) is 49.8 Å². The average molecular weight is 694 g/mol. The molecule has 4 aromatic rings. The molecular formula is C29H23BrCl2N2O5S2. The van der Waals surface area contributed by atoms with E-state index in [4.69, 9.17) is 37.4 Å². The first kappa shape index (κ1) is 29.6. The molecule has 0 N–H and O–H groups in total. The Kier molecular flexibility index (Phi) is 9.06. The lowest BCUT2D eigenvalue weighted by molar-refractivity contribution is -0.139. The molecule has 12 heteroatoms. The first-order valence-corrected chi connectivity index (χ1v) is 15.6. The van der Waals surface area contributed by atoms with Gasteiger partial charge < -0.3 is 14.2 Å². The minimum absolute atomic E-state index is 0.223. The molecule has 0 unspecified atom stereocenters. The van der Waals surface area contributed by atoms with Crippen LogP contribution in [0.15, 0.2) is 73.4 Å². The molecule has 0 saturated heterocycles. The molecule has 0 spiro atoms. The van der Waals surface area contributed by atoms with Gasteiger partial charge >= 0.3 is 5.97 Å². The zero-order valence-electron chi connectivity index (χ0n) is 22.1. The zero-order chi connectivity index (χ0) is 29.3. The van der Waals surface area contributed by atoms with Crippen molar-refractivity contribution in [3.05, 3.63) is 109 Å². The van der Waals surface area contributed by atoms with Crippen molar-refractivity contribution in [2.75, 3.05) is 13.7 Å². The van der Waals surface area contributed by atoms with Gasteiger partial charge in [0.1, 0.15) is 12.6 Å². The highest BCUT2D eigenvalue weighted by Gasteiger charge is 2.33. The predicted octanol–water partition coefficient (Wildman–Crippen LogP) is 6.52. The Morgan fingerprint density at radius 2 is 2.00 bits per heavy atom. The van der Waals surface area contributed by atoms with Gasteiger partial charge in [-0.25, -0.2) is 9.79 Å². The molecule has 0 saturated carbocycles. The van der Waals surface area contributed by atoms with Crippen LogP contribution in [0.2, 0.25) is 10.0 Å². The minimum Gasteiger partial charge on any atom is -0.493 e. The topological polar surface area (TPSA) is 79.1 Å². The Hall–Kier alpha value is -2.89. The normalized spacial score (nSPS) is 15.0. The second kappa shape index (κ2) is 12.5. The van der Waals surface area contributed by atoms with Crippen molar-refractivity contribution in [2.45, 2.75) is 26.5 Å². The molecule has 7 nitrogen and oxygen atoms in total. The van der Waals surface area contributed by atoms with Crippen LogP contribution in [0.25, 0.3) is 6.08 Å². The molecule has 1 aliphatic heterocycles. The number of carbonyl (C=O) groups is 1. The average Bonchev–Trinajstić information content (AvgIpc) is 3.57. The predicted molar refractivity (Wildman–Crippen MR) is 166 cm³/mol. The summed E-state index contributed by atoms with van der Waals surface area (Å²) in [5.41, 5.74) is 2.20. The van der Waals surface area contributed by atoms with Crippen LogP contribution in [0, 0.1) is 0 Å². The number of halogens is 3. The van der Waals surface area contributed by atoms with Crippen LogP contribution in [0.1, 0.15) is 35.9 Å². The SMILES string of the molecule is CCOC(=O)C1=C(C)N=c2s/c(=C\c3cc(Br)c(OCc4ccc(Cl)c(Cl)c4)c(OC)c3)c(=O)n2[C@H]1c1cccs1. The van der Waals surface area contributed by atoms with Crippen LogP contribution in [0.5, 0.6) is 11.5 Å². The maximum atomic E-state index is 13.8. The van der Waals surface area contributed by atoms with Crippen LogP contribution in [-0.4, -0.2) is 24.3 Å². The number of benzene rings is 2. The number of nitrogens with zero attached hydrogens (tertiary/aromatic N) is 2. The molecule has 1 aliphatic rings. The number of thiophene rings is 1. The second-order valence-electron chi connectivity index (χ2n) is 8.89. The summed E-state index contributed by atoms with van der Waals surface area (Å²) in [6.45, 7) is 3.98. The van der Waals surface area contributed by atoms with Gasteiger partial charge in [-0.2, -0.15) is 0 Å². The van der Waals surface area contributed by atoms with Crippen molar-refractivity contribution in [2.24, 2.45) is 4.99 Å². The molecule has 2 aromatic heterocycles. The van der Waals surface area contributed by atoms with Crippen LogP contribution in [0.4, 0.5) is 0 Å². The van der Waals surface area contributed by atoms with Crippen molar-refractivity contribution in [3.63, 3.8) is 0 Å². The van der Waals surface area contributed by atoms with Gasteiger partial charge in [0.05, 0.1) is 44.0 Å². The minimum atomic E-state index is -0.620. The highest BCUT2D eigenvalue weighted by atomic mass is 79.9. The van der Waals surface area contributed by atoms with Crippen LogP contribution >= 0.6 is 61.8 Å². The first-order valence-electron chi connectivity index (χ1n) is 12.4. The molecule has 41 heavy (non-hydrogen) atoms. The number of allylic oxidation sites excluding steroid dienone is 1. The molecule has 0 aliphatic carbocycles. The third kappa shape index (κ3) is 6.03. The molecule has 3 heterocycles. The highest BCUT2D eigenvalue weighted by molar-refractivity contribution is 9.10. The summed E-state index contributed by atoms with van der Waals surface area (Å²) in [6, 6.07) is 12.1. The van der Waals surface area contributed by atoms with Gasteiger partial charge in [0.2, 0.25) is 0 Å². The van der Waals surface area contributed by atoms with E-state index in [1.807, 2.05) is 29.6 Å². The zero-order valence-corrected chi connectivity index (χ0v) is 26.8. The Balaban J connectivity index is 1.54. The smallest absolute Gasteiger partial charge is 0.338 e. The van der Waals surface area contributed by atoms with E-state index in [-0.39, 0.29) is 18.8 Å². The van der Waals surface area contributed by atoms with Crippen LogP contribution in [-0.2, 0) is 16.1 Å². The summed E-state index contributed by atoms with van der Waals surface area (Å²) in [6.07, 6.45) is 1.77. The maximum absolute atomic E-state index is 13.8. The number of ether oxygens (including phenoxy) is 3. The van der Waals surface area contributed by atoms with E-state index in [2.05, 4.69) is 20.9 Å². The number of esters is 1. The molecule has 5 rings (SSSR count). The van der Waals surface area contributed by atoms with E-state index < -0.39 is 12.0 Å². The van der Waals surface area contributed by atoms with Gasteiger partial charge in [-0.05, 0) is 82.7 Å². The molecule has 0 amide bonds. The number of hydrogen-bond acceptors (Lipinski definition) is 8. The molecule has 2 aromatic carbocycles. The Morgan fingerprint density at radius 3 is 2.68 bits per heavy atom. The number of methoxy groups -OCH3 is 1. The molecular weight excluding hydrogens is 671 g/mol. The molecule has 0 fully saturated rings. The van der Waals surface area contributed by atoms with Crippen molar-refractivity contribution in [3.8, 4) is 11.5 Å². The van der Waals surface area contributed by atoms with Gasteiger partial charge in [-0.1, -0.05) is 46.7 Å². The van der Waals surface area contributed by atoms with Crippen LogP contribution < -0.4 is 24.4 Å². The van der Waals surface area contributed by atoms with Crippen molar-refractivity contribution < 1.29 is 19.0 Å². The van der Waals surface area contributed by atoms with Crippen molar-refractivity contribution in [1.29, 1.82) is 0 Å². The summed E-state index contributed by atoms with van der Waals surface area (Å²) >= 11 is 18.5. The van der Waals surface area contributed by atoms with Crippen molar-refractivity contribution >= 4 is 73.9 Å². The highest BCUT2D eigenvalue weighted by Crippen LogP contribution is 2.38. The largest absolute Gasteiger partial charge is 0.493 e. The number of aromatic nitrogens is 1. The maximum Gasteiger partial charge on any atom is 0.338 e. The third-order valence-electron chi connectivity index (χ3n) is 6.25. The lowest BCUT2D eigenvalue weighted by atomic mass is 10.0. The van der Waals surface area contributed by atoms with Gasteiger partial charge in [0.15, 0.2) is 16.3 Å². The Bertz CT molecular complexity index is 1850. The summed E-state index contributed by atoms with van der Waals surface area (Å²) in [7, 11) is 1.55. The molecule has 0 bridgehead atoms. The summed E-state index contributed by atoms with van der Waals surface area (Å²) in [5, 5.41) is 2.83. The second-order valence-corrected chi connectivity index (χ2v) is 12.5. The Morgan fingerprint density at radius 1 is 1.20 bits per heavy atom. The van der Waals surface area contributed by atoms with Crippen molar-refractivity contribution in [1.82, 2.24) is 4.57 Å². The third-order valence-corrected chi connectivity index (χ3v) is 9.48. The van der Waals surface area contributed by atoms with Gasteiger partial charge in [-0.15, -0.1) is 11.3 Å². The van der Waals surface area contributed by atoms with E-state index in [1.165, 1.54) is 22.7 Å². The van der Waals surface area contributed by atoms with Gasteiger partial charge in [-0.3, -0.25) is 9.36 Å². The van der Waals surface area contributed by atoms with Crippen LogP contribution in [0.3, 0.4) is 0 Å². The monoisotopic (exact) mass is 692 g/mol. The standard InChI is InChI=1S/C29H23BrCl2N2O5S2/c1-4-38-28(36)24-15(2)33-29-34(25(24)22-6-5-9-40-22)27(35)23(41-29)13-17-10-18(30)26(21(12-17)37-3)39-14-16-7-8-19(31)20(32)11-16/h5-13,25H,4,14H2,1-3H3/b23-13-/t25-/m0/s1. The van der Waals surface area contributed by atoms with Gasteiger partial charge in [0.25, 0.3) is 5.56 Å². The molecule has 0 radical (unpaired) electrons. The lowest BCUT2D eigenvalue weighted by Gasteiger charge is -2.23. The van der Waals surface area contributed by atoms with E-state index in [0.29, 0.717) is 46.6 Å². The fourth-order valence-electron chi connectivity index (χ4n) is 4.41. The molecule has 1 atom stereocenters. The number of rotatable bonds is 8. The van der Waals surface area contributed by atoms with E-state index in [9.17, 15) is 9.59 Å². The summed E-state index contributed by atoms with van der Waals surface area (Å²) in [4.78, 5) is 32.7. The molecule has 212 valence electrons. The van der Waals surface area contributed by atoms with E-state index >= 15 is 0 Å². The quantitative estimate of drug-likeness (QED) is 0.197. The van der Waals surface area contributed by atoms with Gasteiger partial charge in [0, 0.05) is 4.88 Å². The fraction of sp³-hybridized carbons (Fsp3) is 0.207. The number of carbonyl (C=O) groups excluding carboxylic acids is 1. The first-order chi connectivity index (χ1) is 19.7. The lowest BCUT2D eigenvalue weighted by Crippen LogP contribution is -2.39. The van der Waals surface area contributed by atoms with E-state index in [0.717, 1.165) is 16.0 Å². The number of hydrogen-bond donors (Lipinski definition) is 0. The fourth-order valence-corrected chi connectivity index (χ4v) is 7.17. The number of thiazole rings is 1.